The van der Waals surface area contributed by atoms with Crippen LogP contribution in [0.2, 0.25) is 0 Å². The number of aliphatic hydroxyl groups is 1. The molecule has 2 fully saturated rings. The van der Waals surface area contributed by atoms with Crippen molar-refractivity contribution >= 4 is 26.7 Å². The van der Waals surface area contributed by atoms with Gasteiger partial charge in [0.1, 0.15) is 17.6 Å². The minimum absolute atomic E-state index is 0.165. The van der Waals surface area contributed by atoms with Gasteiger partial charge in [-0.05, 0) is 55.5 Å². The van der Waals surface area contributed by atoms with Gasteiger partial charge in [-0.2, -0.15) is 0 Å². The molecule has 0 amide bonds. The largest absolute Gasteiger partial charge is 0.493 e. The highest BCUT2D eigenvalue weighted by atomic mass is 32.1. The normalized spacial score (nSPS) is 18.1. The van der Waals surface area contributed by atoms with Crippen LogP contribution >= 0.6 is 11.3 Å². The second-order valence-corrected chi connectivity index (χ2v) is 8.78. The van der Waals surface area contributed by atoms with Crippen LogP contribution in [0.5, 0.6) is 11.5 Å². The highest BCUT2D eigenvalue weighted by molar-refractivity contribution is 7.22. The topological polar surface area (TPSA) is 54.8 Å². The van der Waals surface area contributed by atoms with Crippen molar-refractivity contribution in [2.45, 2.75) is 32.0 Å². The van der Waals surface area contributed by atoms with Gasteiger partial charge in [0.15, 0.2) is 5.13 Å². The fourth-order valence-corrected chi connectivity index (χ4v) is 4.29. The molecule has 1 aliphatic carbocycles. The van der Waals surface area contributed by atoms with Crippen LogP contribution in [0.1, 0.15) is 31.4 Å². The fraction of sp³-hybridized carbons (Fsp3) is 0.409. The molecule has 1 saturated carbocycles. The summed E-state index contributed by atoms with van der Waals surface area (Å²) < 4.78 is 13.1. The molecule has 2 aliphatic rings. The number of ether oxygens (including phenoxy) is 2. The summed E-state index contributed by atoms with van der Waals surface area (Å²) in [6.07, 6.45) is 2.28. The number of rotatable bonds is 7. The zero-order valence-corrected chi connectivity index (χ0v) is 16.7. The number of hydrogen-bond acceptors (Lipinski definition) is 6. The third-order valence-corrected chi connectivity index (χ3v) is 6.39. The van der Waals surface area contributed by atoms with E-state index in [1.807, 2.05) is 42.5 Å². The Labute approximate surface area is 168 Å². The van der Waals surface area contributed by atoms with Gasteiger partial charge in [-0.15, -0.1) is 0 Å². The molecule has 5 nitrogen and oxygen atoms in total. The lowest BCUT2D eigenvalue weighted by Crippen LogP contribution is -2.54. The number of aromatic nitrogens is 1. The molecular formula is C22H24N2O3S. The van der Waals surface area contributed by atoms with E-state index < -0.39 is 6.10 Å². The van der Waals surface area contributed by atoms with E-state index in [1.54, 1.807) is 18.3 Å². The zero-order chi connectivity index (χ0) is 19.1. The van der Waals surface area contributed by atoms with Crippen molar-refractivity contribution in [3.63, 3.8) is 0 Å². The molecule has 0 radical (unpaired) electrons. The number of benzene rings is 2. The molecule has 1 aromatic heterocycles. The monoisotopic (exact) mass is 396 g/mol. The quantitative estimate of drug-likeness (QED) is 0.641. The average Bonchev–Trinajstić information content (AvgIpc) is 3.39. The number of anilines is 1. The van der Waals surface area contributed by atoms with Crippen LogP contribution in [0, 0.1) is 5.92 Å². The first-order valence-corrected chi connectivity index (χ1v) is 10.7. The fourth-order valence-electron chi connectivity index (χ4n) is 3.32. The Morgan fingerprint density at radius 3 is 2.79 bits per heavy atom. The Morgan fingerprint density at radius 1 is 1.18 bits per heavy atom. The van der Waals surface area contributed by atoms with E-state index in [4.69, 9.17) is 14.5 Å². The van der Waals surface area contributed by atoms with Crippen LogP contribution < -0.4 is 14.4 Å². The molecule has 1 saturated heterocycles. The van der Waals surface area contributed by atoms with Crippen LogP contribution in [0.4, 0.5) is 5.13 Å². The van der Waals surface area contributed by atoms with E-state index in [0.717, 1.165) is 58.0 Å². The zero-order valence-electron chi connectivity index (χ0n) is 15.9. The SMILES string of the molecule is CC(O)c1ccc2sc(N3CC(Oc4cccc(OCC5CC5)c4)C3)nc2c1. The summed E-state index contributed by atoms with van der Waals surface area (Å²) in [5.41, 5.74) is 1.85. The Morgan fingerprint density at radius 2 is 2.00 bits per heavy atom. The van der Waals surface area contributed by atoms with Gasteiger partial charge < -0.3 is 19.5 Å². The number of nitrogens with zero attached hydrogens (tertiary/aromatic N) is 2. The van der Waals surface area contributed by atoms with Crippen molar-refractivity contribution in [1.29, 1.82) is 0 Å². The van der Waals surface area contributed by atoms with Crippen molar-refractivity contribution in [3.05, 3.63) is 48.0 Å². The second-order valence-electron chi connectivity index (χ2n) is 7.77. The smallest absolute Gasteiger partial charge is 0.186 e. The average molecular weight is 397 g/mol. The van der Waals surface area contributed by atoms with Crippen LogP contribution in [0.15, 0.2) is 42.5 Å². The predicted molar refractivity (Wildman–Crippen MR) is 112 cm³/mol. The molecule has 1 aliphatic heterocycles. The minimum Gasteiger partial charge on any atom is -0.493 e. The Balaban J connectivity index is 1.19. The van der Waals surface area contributed by atoms with E-state index in [2.05, 4.69) is 4.90 Å². The lowest BCUT2D eigenvalue weighted by molar-refractivity contribution is 0.166. The molecule has 146 valence electrons. The first-order valence-electron chi connectivity index (χ1n) is 9.87. The molecule has 0 spiro atoms. The Hall–Kier alpha value is -2.31. The van der Waals surface area contributed by atoms with Crippen LogP contribution in [0.25, 0.3) is 10.2 Å². The standard InChI is InChI=1S/C22H24N2O3S/c1-14(25)16-7-8-21-20(9-16)23-22(28-21)24-11-19(12-24)27-18-4-2-3-17(10-18)26-13-15-5-6-15/h2-4,7-10,14-15,19,25H,5-6,11-13H2,1H3. The number of hydrogen-bond donors (Lipinski definition) is 1. The molecule has 1 N–H and O–H groups in total. The van der Waals surface area contributed by atoms with Gasteiger partial charge in [-0.25, -0.2) is 4.98 Å². The van der Waals surface area contributed by atoms with E-state index >= 15 is 0 Å². The summed E-state index contributed by atoms with van der Waals surface area (Å²) >= 11 is 1.69. The molecule has 2 heterocycles. The molecule has 3 aromatic rings. The van der Waals surface area contributed by atoms with Crippen LogP contribution in [-0.4, -0.2) is 35.9 Å². The second kappa shape index (κ2) is 7.26. The van der Waals surface area contributed by atoms with E-state index in [0.29, 0.717) is 0 Å². The van der Waals surface area contributed by atoms with Gasteiger partial charge in [0.25, 0.3) is 0 Å². The van der Waals surface area contributed by atoms with Gasteiger partial charge in [-0.3, -0.25) is 0 Å². The van der Waals surface area contributed by atoms with Gasteiger partial charge in [0.2, 0.25) is 0 Å². The van der Waals surface area contributed by atoms with Crippen molar-refractivity contribution in [2.24, 2.45) is 5.92 Å². The molecule has 28 heavy (non-hydrogen) atoms. The predicted octanol–water partition coefficient (Wildman–Crippen LogP) is 4.41. The van der Waals surface area contributed by atoms with E-state index in [9.17, 15) is 5.11 Å². The summed E-state index contributed by atoms with van der Waals surface area (Å²) in [7, 11) is 0. The van der Waals surface area contributed by atoms with Crippen molar-refractivity contribution in [1.82, 2.24) is 4.98 Å². The third kappa shape index (κ3) is 3.80. The number of aliphatic hydroxyl groups excluding tert-OH is 1. The molecule has 2 aromatic carbocycles. The first-order chi connectivity index (χ1) is 13.6. The van der Waals surface area contributed by atoms with Crippen molar-refractivity contribution in [3.8, 4) is 11.5 Å². The van der Waals surface area contributed by atoms with Gasteiger partial charge in [0, 0.05) is 6.07 Å². The number of thiazole rings is 1. The molecule has 5 rings (SSSR count). The third-order valence-electron chi connectivity index (χ3n) is 5.29. The Bertz CT molecular complexity index is 977. The van der Waals surface area contributed by atoms with Gasteiger partial charge >= 0.3 is 0 Å². The Kier molecular flexibility index (Phi) is 4.61. The molecular weight excluding hydrogens is 372 g/mol. The van der Waals surface area contributed by atoms with E-state index in [-0.39, 0.29) is 6.10 Å². The summed E-state index contributed by atoms with van der Waals surface area (Å²) in [5, 5.41) is 10.8. The van der Waals surface area contributed by atoms with Crippen molar-refractivity contribution in [2.75, 3.05) is 24.6 Å². The molecule has 6 heteroatoms. The summed E-state index contributed by atoms with van der Waals surface area (Å²) in [4.78, 5) is 6.98. The molecule has 1 atom stereocenters. The summed E-state index contributed by atoms with van der Waals surface area (Å²) in [6, 6.07) is 13.9. The maximum atomic E-state index is 9.75. The van der Waals surface area contributed by atoms with Crippen molar-refractivity contribution < 1.29 is 14.6 Å². The number of fused-ring (bicyclic) bond motifs is 1. The highest BCUT2D eigenvalue weighted by Crippen LogP contribution is 2.34. The minimum atomic E-state index is -0.472. The summed E-state index contributed by atoms with van der Waals surface area (Å²) in [6.45, 7) is 4.25. The lowest BCUT2D eigenvalue weighted by atomic mass is 10.1. The molecule has 0 bridgehead atoms. The highest BCUT2D eigenvalue weighted by Gasteiger charge is 2.31. The van der Waals surface area contributed by atoms with Gasteiger partial charge in [-0.1, -0.05) is 23.5 Å². The van der Waals surface area contributed by atoms with E-state index in [1.165, 1.54) is 12.8 Å². The molecule has 1 unspecified atom stereocenters. The summed E-state index contributed by atoms with van der Waals surface area (Å²) in [5.74, 6) is 2.50. The van der Waals surface area contributed by atoms with Gasteiger partial charge in [0.05, 0.1) is 36.0 Å². The van der Waals surface area contributed by atoms with Crippen LogP contribution in [-0.2, 0) is 0 Å². The maximum Gasteiger partial charge on any atom is 0.186 e. The first kappa shape index (κ1) is 17.8. The lowest BCUT2D eigenvalue weighted by Gasteiger charge is -2.38. The van der Waals surface area contributed by atoms with Crippen LogP contribution in [0.3, 0.4) is 0 Å². The maximum absolute atomic E-state index is 9.75.